The molecule has 2 aromatic heterocycles. The first kappa shape index (κ1) is 47.4. The molecule has 0 amide bonds. The van der Waals surface area contributed by atoms with E-state index in [4.69, 9.17) is 8.83 Å². The first-order valence-corrected chi connectivity index (χ1v) is 29.2. The minimum Gasteiger partial charge on any atom is -0.454 e. The van der Waals surface area contributed by atoms with E-state index in [1.807, 2.05) is 12.1 Å². The first-order valence-electron chi connectivity index (χ1n) is 29.2. The largest absolute Gasteiger partial charge is 0.454 e. The number of hydrogen-bond acceptors (Lipinski definition) is 4. The predicted molar refractivity (Wildman–Crippen MR) is 353 cm³/mol. The number of rotatable bonds is 8. The Bertz CT molecular complexity index is 5320. The molecule has 0 atom stereocenters. The summed E-state index contributed by atoms with van der Waals surface area (Å²) < 4.78 is 13.6. The highest BCUT2D eigenvalue weighted by atomic mass is 16.3. The van der Waals surface area contributed by atoms with Crippen LogP contribution in [0.15, 0.2) is 312 Å². The van der Waals surface area contributed by atoms with Gasteiger partial charge >= 0.3 is 0 Å². The fourth-order valence-electron chi connectivity index (χ4n) is 14.5. The number of benzene rings is 14. The van der Waals surface area contributed by atoms with Gasteiger partial charge in [-0.3, -0.25) is 0 Å². The first-order chi connectivity index (χ1) is 42.1. The maximum atomic E-state index is 6.81. The highest BCUT2D eigenvalue weighted by Crippen LogP contribution is 2.65. The molecule has 0 N–H and O–H groups in total. The Balaban J connectivity index is 0.839. The summed E-state index contributed by atoms with van der Waals surface area (Å²) in [5.74, 6) is 0. The molecule has 396 valence electrons. The van der Waals surface area contributed by atoms with Crippen LogP contribution < -0.4 is 9.80 Å². The van der Waals surface area contributed by atoms with E-state index >= 15 is 0 Å². The van der Waals surface area contributed by atoms with Gasteiger partial charge in [-0.05, 0) is 173 Å². The van der Waals surface area contributed by atoms with E-state index < -0.39 is 5.41 Å². The van der Waals surface area contributed by atoms with Crippen LogP contribution in [-0.2, 0) is 5.41 Å². The van der Waals surface area contributed by atoms with E-state index in [-0.39, 0.29) is 0 Å². The quantitative estimate of drug-likeness (QED) is 0.152. The summed E-state index contributed by atoms with van der Waals surface area (Å²) in [6.45, 7) is 0. The maximum Gasteiger partial charge on any atom is 0.159 e. The maximum absolute atomic E-state index is 6.81. The van der Waals surface area contributed by atoms with E-state index in [9.17, 15) is 0 Å². The lowest BCUT2D eigenvalue weighted by Crippen LogP contribution is -2.26. The molecule has 85 heavy (non-hydrogen) atoms. The van der Waals surface area contributed by atoms with Crippen LogP contribution in [0.2, 0.25) is 0 Å². The van der Waals surface area contributed by atoms with E-state index in [1.54, 1.807) is 0 Å². The topological polar surface area (TPSA) is 32.8 Å². The van der Waals surface area contributed by atoms with Crippen LogP contribution in [0.25, 0.3) is 110 Å². The highest BCUT2D eigenvalue weighted by molar-refractivity contribution is 6.13. The van der Waals surface area contributed by atoms with Crippen molar-refractivity contribution in [3.8, 4) is 44.5 Å². The third-order valence-corrected chi connectivity index (χ3v) is 18.2. The highest BCUT2D eigenvalue weighted by Gasteiger charge is 2.52. The summed E-state index contributed by atoms with van der Waals surface area (Å²) in [5.41, 5.74) is 23.9. The van der Waals surface area contributed by atoms with Gasteiger partial charge in [0.05, 0.1) is 16.8 Å². The Morgan fingerprint density at radius 1 is 0.247 bits per heavy atom. The van der Waals surface area contributed by atoms with Crippen molar-refractivity contribution < 1.29 is 8.83 Å². The van der Waals surface area contributed by atoms with Gasteiger partial charge in [0, 0.05) is 44.3 Å². The van der Waals surface area contributed by atoms with Crippen LogP contribution in [0.4, 0.5) is 34.1 Å². The Kier molecular flexibility index (Phi) is 10.3. The van der Waals surface area contributed by atoms with Crippen molar-refractivity contribution in [2.45, 2.75) is 5.41 Å². The molecular formula is C81H50N2O2. The molecule has 2 heterocycles. The molecule has 1 spiro atoms. The zero-order valence-corrected chi connectivity index (χ0v) is 46.1. The second kappa shape index (κ2) is 18.4. The fourth-order valence-corrected chi connectivity index (χ4v) is 14.5. The molecular weight excluding hydrogens is 1030 g/mol. The lowest BCUT2D eigenvalue weighted by atomic mass is 9.69. The summed E-state index contributed by atoms with van der Waals surface area (Å²) >= 11 is 0. The molecule has 0 radical (unpaired) electrons. The minimum atomic E-state index is -0.622. The summed E-state index contributed by atoms with van der Waals surface area (Å²) in [5, 5.41) is 9.10. The molecule has 0 saturated heterocycles. The Morgan fingerprint density at radius 2 is 0.694 bits per heavy atom. The van der Waals surface area contributed by atoms with E-state index in [1.165, 1.54) is 66.4 Å². The van der Waals surface area contributed by atoms with Crippen LogP contribution in [0, 0.1) is 0 Å². The smallest absolute Gasteiger partial charge is 0.159 e. The van der Waals surface area contributed by atoms with Gasteiger partial charge in [-0.2, -0.15) is 0 Å². The molecule has 2 aliphatic carbocycles. The van der Waals surface area contributed by atoms with Crippen LogP contribution in [-0.4, -0.2) is 0 Å². The van der Waals surface area contributed by atoms with Gasteiger partial charge in [0.15, 0.2) is 11.2 Å². The zero-order valence-electron chi connectivity index (χ0n) is 46.1. The predicted octanol–water partition coefficient (Wildman–Crippen LogP) is 22.4. The lowest BCUT2D eigenvalue weighted by Gasteiger charge is -2.32. The SMILES string of the molecule is c1ccc(-c2ccc(N(c3ccc4cc5c(cc4c3)C3(c4ccccc4-c4ccccc43)c3c-5ccc4cc(N(c5ccc(-c6ccccc6)cc5)c5cccc6c5oc5ccccc56)ccc34)c3cccc4c3oc3ccccc34)cc2)cc1. The normalized spacial score (nSPS) is 12.8. The third kappa shape index (κ3) is 7.03. The van der Waals surface area contributed by atoms with Crippen LogP contribution in [0.3, 0.4) is 0 Å². The molecule has 0 fully saturated rings. The van der Waals surface area contributed by atoms with Crippen LogP contribution in [0.5, 0.6) is 0 Å². The molecule has 2 aliphatic rings. The van der Waals surface area contributed by atoms with Crippen molar-refractivity contribution in [2.24, 2.45) is 0 Å². The van der Waals surface area contributed by atoms with Crippen molar-refractivity contribution in [2.75, 3.05) is 9.80 Å². The number of fused-ring (bicyclic) bond motifs is 19. The van der Waals surface area contributed by atoms with E-state index in [0.717, 1.165) is 99.9 Å². The van der Waals surface area contributed by atoms with Gasteiger partial charge < -0.3 is 18.6 Å². The molecule has 4 nitrogen and oxygen atoms in total. The fraction of sp³-hybridized carbons (Fsp3) is 0.0123. The monoisotopic (exact) mass is 1080 g/mol. The average Bonchev–Trinajstić information content (AvgIpc) is 1.70. The molecule has 0 bridgehead atoms. The summed E-state index contributed by atoms with van der Waals surface area (Å²) in [6, 6.07) is 111. The van der Waals surface area contributed by atoms with Crippen molar-refractivity contribution in [1.82, 2.24) is 0 Å². The van der Waals surface area contributed by atoms with Gasteiger partial charge in [-0.25, -0.2) is 0 Å². The molecule has 18 rings (SSSR count). The molecule has 16 aromatic rings. The van der Waals surface area contributed by atoms with Crippen molar-refractivity contribution in [3.63, 3.8) is 0 Å². The van der Waals surface area contributed by atoms with E-state index in [0.29, 0.717) is 0 Å². The minimum absolute atomic E-state index is 0.622. The second-order valence-electron chi connectivity index (χ2n) is 22.7. The molecule has 14 aromatic carbocycles. The molecule has 4 heteroatoms. The van der Waals surface area contributed by atoms with Gasteiger partial charge in [-0.15, -0.1) is 0 Å². The van der Waals surface area contributed by atoms with Gasteiger partial charge in [-0.1, -0.05) is 218 Å². The summed E-state index contributed by atoms with van der Waals surface area (Å²) in [7, 11) is 0. The number of para-hydroxylation sites is 4. The Hall–Kier alpha value is -11.2. The van der Waals surface area contributed by atoms with Gasteiger partial charge in [0.2, 0.25) is 0 Å². The van der Waals surface area contributed by atoms with Gasteiger partial charge in [0.25, 0.3) is 0 Å². The van der Waals surface area contributed by atoms with Crippen molar-refractivity contribution in [3.05, 3.63) is 326 Å². The number of furan rings is 2. The number of hydrogen-bond donors (Lipinski definition) is 0. The Labute approximate surface area is 490 Å². The zero-order chi connectivity index (χ0) is 55.7. The van der Waals surface area contributed by atoms with Crippen LogP contribution >= 0.6 is 0 Å². The number of anilines is 6. The molecule has 0 saturated carbocycles. The lowest BCUT2D eigenvalue weighted by molar-refractivity contribution is 0.668. The molecule has 0 aliphatic heterocycles. The van der Waals surface area contributed by atoms with Crippen LogP contribution in [0.1, 0.15) is 22.3 Å². The standard InChI is InChI=1S/C81H50N2O2/c1-3-17-51(18-4-1)53-33-39-58(40-34-53)82(74-29-15-25-68-65-23-9-13-31-76(65)84-79(68)74)60-43-37-55-49-70-67-45-38-56-47-61(44-46-62(56)78(67)81(73(70)50-57(55)48-60)71-27-11-7-21-63(71)64-22-8-12-28-72(64)81)83(59-41-35-54(36-42-59)52-19-5-2-6-20-52)75-30-16-26-69-66-24-10-14-32-77(66)85-80(69)75/h1-50H. The van der Waals surface area contributed by atoms with E-state index in [2.05, 4.69) is 301 Å². The second-order valence-corrected chi connectivity index (χ2v) is 22.7. The summed E-state index contributed by atoms with van der Waals surface area (Å²) in [6.07, 6.45) is 0. The summed E-state index contributed by atoms with van der Waals surface area (Å²) in [4.78, 5) is 4.74. The Morgan fingerprint density at radius 3 is 1.26 bits per heavy atom. The van der Waals surface area contributed by atoms with Gasteiger partial charge in [0.1, 0.15) is 11.2 Å². The van der Waals surface area contributed by atoms with Crippen molar-refractivity contribution in [1.29, 1.82) is 0 Å². The molecule has 0 unspecified atom stereocenters. The number of nitrogens with zero attached hydrogens (tertiary/aromatic N) is 2. The third-order valence-electron chi connectivity index (χ3n) is 18.2. The average molecular weight is 1080 g/mol. The van der Waals surface area contributed by atoms with Crippen molar-refractivity contribution >= 4 is 99.5 Å².